The Morgan fingerprint density at radius 1 is 1.10 bits per heavy atom. The van der Waals surface area contributed by atoms with Crippen LogP contribution in [0.2, 0.25) is 0 Å². The van der Waals surface area contributed by atoms with Crippen molar-refractivity contribution in [3.05, 3.63) is 95.1 Å². The number of β-lactam (4-membered cyclic amide) rings is 1. The minimum Gasteiger partial charge on any atom is -0.508 e. The second-order valence-corrected chi connectivity index (χ2v) is 12.1. The van der Waals surface area contributed by atoms with Gasteiger partial charge in [0.25, 0.3) is 11.8 Å². The van der Waals surface area contributed by atoms with Crippen molar-refractivity contribution in [1.82, 2.24) is 15.1 Å². The minimum atomic E-state index is -1.60. The first-order valence-electron chi connectivity index (χ1n) is 13.9. The molecule has 1 unspecified atom stereocenters. The van der Waals surface area contributed by atoms with E-state index in [0.29, 0.717) is 18.7 Å². The van der Waals surface area contributed by atoms with Crippen LogP contribution in [0.25, 0.3) is 0 Å². The van der Waals surface area contributed by atoms with Crippen LogP contribution in [0.15, 0.2) is 72.8 Å². The summed E-state index contributed by atoms with van der Waals surface area (Å²) in [6.07, 6.45) is -1.41. The van der Waals surface area contributed by atoms with Crippen LogP contribution in [0.4, 0.5) is 0 Å². The average Bonchev–Trinajstić information content (AvgIpc) is 3.30. The zero-order valence-corrected chi connectivity index (χ0v) is 24.6. The van der Waals surface area contributed by atoms with Crippen molar-refractivity contribution in [2.24, 2.45) is 0 Å². The number of benzene rings is 3. The third-order valence-corrected chi connectivity index (χ3v) is 9.42. The summed E-state index contributed by atoms with van der Waals surface area (Å²) in [5.74, 6) is -0.381. The van der Waals surface area contributed by atoms with Gasteiger partial charge in [-0.3, -0.25) is 14.4 Å². The number of fused-ring (bicyclic) bond motifs is 1. The monoisotopic (exact) mass is 589 g/mol. The molecule has 10 heteroatoms. The van der Waals surface area contributed by atoms with Crippen molar-refractivity contribution < 1.29 is 29.3 Å². The summed E-state index contributed by atoms with van der Waals surface area (Å²) in [5, 5.41) is 24.3. The highest BCUT2D eigenvalue weighted by molar-refractivity contribution is 8.01. The predicted molar refractivity (Wildman–Crippen MR) is 160 cm³/mol. The van der Waals surface area contributed by atoms with E-state index in [2.05, 4.69) is 5.32 Å². The number of carbonyl (C=O) groups excluding carboxylic acids is 3. The molecule has 3 aromatic rings. The summed E-state index contributed by atoms with van der Waals surface area (Å²) in [7, 11) is 0. The molecule has 2 heterocycles. The van der Waals surface area contributed by atoms with Gasteiger partial charge in [0.05, 0.1) is 18.5 Å². The number of aliphatic hydroxyl groups is 1. The summed E-state index contributed by atoms with van der Waals surface area (Å²) in [4.78, 5) is 42.9. The first-order chi connectivity index (χ1) is 20.1. The van der Waals surface area contributed by atoms with Gasteiger partial charge in [0.2, 0.25) is 5.91 Å². The van der Waals surface area contributed by atoms with Crippen molar-refractivity contribution in [1.29, 1.82) is 0 Å². The third-order valence-electron chi connectivity index (χ3n) is 7.98. The molecule has 3 amide bonds. The van der Waals surface area contributed by atoms with Gasteiger partial charge in [-0.1, -0.05) is 48.5 Å². The second-order valence-electron chi connectivity index (χ2n) is 10.7. The molecule has 42 heavy (non-hydrogen) atoms. The third kappa shape index (κ3) is 5.56. The number of hydrogen-bond donors (Lipinski definition) is 3. The first kappa shape index (κ1) is 29.5. The topological polar surface area (TPSA) is 119 Å². The molecule has 2 fully saturated rings. The Kier molecular flexibility index (Phi) is 8.47. The standard InChI is InChI=1S/C32H35N3O6S/c1-4-41-23-13-8-12-22(16-23)18-35-31(40)28-32(35,3)42-19-34(28)30(39)27(37)25(17-21-10-6-5-7-11-21)33-29(38)24-14-9-15-26(36)20(24)2/h5-16,25,27-28,36-37H,4,17-19H2,1-3H3,(H,33,38)/t25-,27-,28+,32?/m0/s1. The van der Waals surface area contributed by atoms with Crippen molar-refractivity contribution in [3.63, 3.8) is 0 Å². The Labute approximate surface area is 249 Å². The SMILES string of the molecule is CCOc1cccc(CN2C(=O)[C@H]3N(C(=O)[C@@H](O)[C@H](Cc4ccccc4)NC(=O)c4cccc(O)c4C)CSC32C)c1. The van der Waals surface area contributed by atoms with Crippen LogP contribution >= 0.6 is 11.8 Å². The van der Waals surface area contributed by atoms with Gasteiger partial charge in [0.1, 0.15) is 22.4 Å². The van der Waals surface area contributed by atoms with E-state index in [1.807, 2.05) is 68.4 Å². The number of rotatable bonds is 10. The molecule has 3 aromatic carbocycles. The molecule has 2 saturated heterocycles. The van der Waals surface area contributed by atoms with Crippen LogP contribution in [0.5, 0.6) is 11.5 Å². The second kappa shape index (κ2) is 12.1. The van der Waals surface area contributed by atoms with Crippen molar-refractivity contribution in [3.8, 4) is 11.5 Å². The fourth-order valence-electron chi connectivity index (χ4n) is 5.61. The van der Waals surface area contributed by atoms with Gasteiger partial charge in [0.15, 0.2) is 6.10 Å². The van der Waals surface area contributed by atoms with Gasteiger partial charge >= 0.3 is 0 Å². The lowest BCUT2D eigenvalue weighted by Gasteiger charge is -2.52. The number of phenols is 1. The quantitative estimate of drug-likeness (QED) is 0.310. The van der Waals surface area contributed by atoms with Gasteiger partial charge in [-0.2, -0.15) is 0 Å². The minimum absolute atomic E-state index is 0.0232. The number of nitrogens with one attached hydrogen (secondary N) is 1. The predicted octanol–water partition coefficient (Wildman–Crippen LogP) is 3.46. The molecule has 2 aliphatic heterocycles. The van der Waals surface area contributed by atoms with E-state index in [0.717, 1.165) is 16.9 Å². The largest absolute Gasteiger partial charge is 0.508 e. The fraction of sp³-hybridized carbons (Fsp3) is 0.344. The van der Waals surface area contributed by atoms with E-state index >= 15 is 0 Å². The lowest BCUT2D eigenvalue weighted by Crippen LogP contribution is -2.73. The molecule has 0 aliphatic carbocycles. The summed E-state index contributed by atoms with van der Waals surface area (Å²) in [5.41, 5.74) is 2.39. The van der Waals surface area contributed by atoms with Crippen molar-refractivity contribution in [2.75, 3.05) is 12.5 Å². The summed E-state index contributed by atoms with van der Waals surface area (Å²) in [6, 6.07) is 19.8. The van der Waals surface area contributed by atoms with E-state index in [4.69, 9.17) is 4.74 Å². The number of carbonyl (C=O) groups is 3. The molecule has 0 radical (unpaired) electrons. The molecule has 4 atom stereocenters. The Bertz CT molecular complexity index is 1480. The number of nitrogens with zero attached hydrogens (tertiary/aromatic N) is 2. The van der Waals surface area contributed by atoms with E-state index in [9.17, 15) is 24.6 Å². The molecule has 220 valence electrons. The van der Waals surface area contributed by atoms with E-state index in [-0.39, 0.29) is 29.5 Å². The van der Waals surface area contributed by atoms with Crippen LogP contribution < -0.4 is 10.1 Å². The van der Waals surface area contributed by atoms with E-state index < -0.39 is 34.9 Å². The first-order valence-corrected chi connectivity index (χ1v) is 14.9. The maximum atomic E-state index is 13.8. The summed E-state index contributed by atoms with van der Waals surface area (Å²) < 4.78 is 5.59. The van der Waals surface area contributed by atoms with E-state index in [1.54, 1.807) is 24.0 Å². The molecular formula is C32H35N3O6S. The maximum absolute atomic E-state index is 13.8. The number of aliphatic hydroxyl groups excluding tert-OH is 1. The molecule has 0 bridgehead atoms. The number of likely N-dealkylation sites (tertiary alicyclic amines) is 1. The number of aromatic hydroxyl groups is 1. The van der Waals surface area contributed by atoms with Gasteiger partial charge in [-0.05, 0) is 62.6 Å². The number of ether oxygens (including phenoxy) is 1. The molecule has 2 aliphatic rings. The van der Waals surface area contributed by atoms with Gasteiger partial charge in [-0.25, -0.2) is 0 Å². The number of thioether (sulfide) groups is 1. The highest BCUT2D eigenvalue weighted by atomic mass is 32.2. The maximum Gasteiger partial charge on any atom is 0.255 e. The molecular weight excluding hydrogens is 554 g/mol. The normalized spacial score (nSPS) is 20.9. The zero-order valence-electron chi connectivity index (χ0n) is 23.8. The molecule has 0 aromatic heterocycles. The van der Waals surface area contributed by atoms with Crippen LogP contribution in [0.3, 0.4) is 0 Å². The highest BCUT2D eigenvalue weighted by Gasteiger charge is 2.65. The fourth-order valence-corrected chi connectivity index (χ4v) is 6.98. The smallest absolute Gasteiger partial charge is 0.255 e. The Hall–Kier alpha value is -4.02. The Morgan fingerprint density at radius 2 is 1.81 bits per heavy atom. The molecule has 3 N–H and O–H groups in total. The molecule has 5 rings (SSSR count). The van der Waals surface area contributed by atoms with E-state index in [1.165, 1.54) is 22.7 Å². The number of amides is 3. The number of phenolic OH excluding ortho intramolecular Hbond substituents is 1. The molecule has 9 nitrogen and oxygen atoms in total. The Morgan fingerprint density at radius 3 is 2.55 bits per heavy atom. The lowest BCUT2D eigenvalue weighted by atomic mass is 9.92. The van der Waals surface area contributed by atoms with Crippen LogP contribution in [0, 0.1) is 6.92 Å². The molecule has 0 saturated carbocycles. The van der Waals surface area contributed by atoms with Gasteiger partial charge in [-0.15, -0.1) is 11.8 Å². The molecule has 0 spiro atoms. The number of hydrogen-bond acceptors (Lipinski definition) is 7. The highest BCUT2D eigenvalue weighted by Crippen LogP contribution is 2.51. The average molecular weight is 590 g/mol. The zero-order chi connectivity index (χ0) is 30.0. The summed E-state index contributed by atoms with van der Waals surface area (Å²) in [6.45, 7) is 6.39. The Balaban J connectivity index is 1.33. The lowest BCUT2D eigenvalue weighted by molar-refractivity contribution is -0.168. The van der Waals surface area contributed by atoms with Crippen LogP contribution in [-0.4, -0.2) is 73.3 Å². The van der Waals surface area contributed by atoms with Gasteiger partial charge < -0.3 is 30.1 Å². The van der Waals surface area contributed by atoms with Gasteiger partial charge in [0, 0.05) is 17.7 Å². The van der Waals surface area contributed by atoms with Crippen molar-refractivity contribution >= 4 is 29.5 Å². The van der Waals surface area contributed by atoms with Crippen molar-refractivity contribution in [2.45, 2.75) is 56.8 Å². The van der Waals surface area contributed by atoms with Crippen LogP contribution in [-0.2, 0) is 22.6 Å². The van der Waals surface area contributed by atoms with Crippen LogP contribution in [0.1, 0.15) is 40.9 Å². The summed E-state index contributed by atoms with van der Waals surface area (Å²) >= 11 is 1.48.